The second-order valence-electron chi connectivity index (χ2n) is 5.42. The number of pyridine rings is 1. The maximum Gasteiger partial charge on any atom is 0.213 e. The number of nitrogens with zero attached hydrogens (tertiary/aromatic N) is 3. The Kier molecular flexibility index (Phi) is 7.56. The summed E-state index contributed by atoms with van der Waals surface area (Å²) in [7, 11) is 3.76. The number of aromatic nitrogens is 1. The SMILES string of the molecule is CCOc1cc(CNC(=NC)N(C)CCOc2ccccc2)ccn1. The van der Waals surface area contributed by atoms with Gasteiger partial charge in [-0.05, 0) is 30.7 Å². The highest BCUT2D eigenvalue weighted by Crippen LogP contribution is 2.09. The summed E-state index contributed by atoms with van der Waals surface area (Å²) >= 11 is 0. The smallest absolute Gasteiger partial charge is 0.213 e. The number of rotatable bonds is 8. The number of nitrogens with one attached hydrogen (secondary N) is 1. The fraction of sp³-hybridized carbons (Fsp3) is 0.368. The minimum absolute atomic E-state index is 0.588. The Balaban J connectivity index is 1.79. The van der Waals surface area contributed by atoms with Crippen molar-refractivity contribution in [2.75, 3.05) is 33.9 Å². The van der Waals surface area contributed by atoms with Crippen LogP contribution in [0.2, 0.25) is 0 Å². The predicted molar refractivity (Wildman–Crippen MR) is 100 cm³/mol. The lowest BCUT2D eigenvalue weighted by Gasteiger charge is -2.22. The Morgan fingerprint density at radius 1 is 1.20 bits per heavy atom. The molecule has 0 fully saturated rings. The van der Waals surface area contributed by atoms with Crippen LogP contribution in [0.1, 0.15) is 12.5 Å². The van der Waals surface area contributed by atoms with Crippen molar-refractivity contribution in [3.63, 3.8) is 0 Å². The highest BCUT2D eigenvalue weighted by Gasteiger charge is 2.06. The van der Waals surface area contributed by atoms with E-state index < -0.39 is 0 Å². The molecule has 0 unspecified atom stereocenters. The van der Waals surface area contributed by atoms with E-state index in [1.807, 2.05) is 61.3 Å². The van der Waals surface area contributed by atoms with Gasteiger partial charge in [0, 0.05) is 32.9 Å². The van der Waals surface area contributed by atoms with Crippen molar-refractivity contribution in [3.05, 3.63) is 54.2 Å². The fourth-order valence-corrected chi connectivity index (χ4v) is 2.28. The van der Waals surface area contributed by atoms with E-state index in [1.54, 1.807) is 13.2 Å². The third-order valence-electron chi connectivity index (χ3n) is 3.55. The first-order valence-electron chi connectivity index (χ1n) is 8.40. The van der Waals surface area contributed by atoms with Gasteiger partial charge < -0.3 is 19.7 Å². The quantitative estimate of drug-likeness (QED) is 0.590. The van der Waals surface area contributed by atoms with Gasteiger partial charge in [-0.1, -0.05) is 18.2 Å². The molecule has 6 heteroatoms. The van der Waals surface area contributed by atoms with Gasteiger partial charge in [0.25, 0.3) is 0 Å². The number of hydrogen-bond acceptors (Lipinski definition) is 4. The van der Waals surface area contributed by atoms with E-state index in [0.717, 1.165) is 23.8 Å². The first kappa shape index (κ1) is 18.6. The van der Waals surface area contributed by atoms with Crippen LogP contribution in [0.5, 0.6) is 11.6 Å². The summed E-state index contributed by atoms with van der Waals surface area (Å²) < 4.78 is 11.2. The van der Waals surface area contributed by atoms with Gasteiger partial charge in [0.15, 0.2) is 5.96 Å². The van der Waals surface area contributed by atoms with E-state index in [1.165, 1.54) is 0 Å². The summed E-state index contributed by atoms with van der Waals surface area (Å²) in [5, 5.41) is 3.34. The molecule has 0 aliphatic carbocycles. The highest BCUT2D eigenvalue weighted by atomic mass is 16.5. The van der Waals surface area contributed by atoms with E-state index in [9.17, 15) is 0 Å². The van der Waals surface area contributed by atoms with Crippen molar-refractivity contribution in [1.29, 1.82) is 0 Å². The lowest BCUT2D eigenvalue weighted by atomic mass is 10.2. The molecule has 1 aromatic heterocycles. The summed E-state index contributed by atoms with van der Waals surface area (Å²) in [4.78, 5) is 10.5. The normalized spacial score (nSPS) is 11.1. The number of para-hydroxylation sites is 1. The maximum absolute atomic E-state index is 5.73. The zero-order chi connectivity index (χ0) is 17.9. The lowest BCUT2D eigenvalue weighted by Crippen LogP contribution is -2.40. The van der Waals surface area contributed by atoms with E-state index in [2.05, 4.69) is 15.3 Å². The second-order valence-corrected chi connectivity index (χ2v) is 5.42. The largest absolute Gasteiger partial charge is 0.492 e. The van der Waals surface area contributed by atoms with Crippen molar-refractivity contribution < 1.29 is 9.47 Å². The minimum atomic E-state index is 0.588. The van der Waals surface area contributed by atoms with Gasteiger partial charge in [-0.15, -0.1) is 0 Å². The molecule has 0 atom stereocenters. The Morgan fingerprint density at radius 2 is 2.00 bits per heavy atom. The third kappa shape index (κ3) is 6.33. The molecular formula is C19H26N4O2. The average Bonchev–Trinajstić information content (AvgIpc) is 2.64. The standard InChI is InChI=1S/C19H26N4O2/c1-4-24-18-14-16(10-11-21-18)15-22-19(20-2)23(3)12-13-25-17-8-6-5-7-9-17/h5-11,14H,4,12-13,15H2,1-3H3,(H,20,22). The first-order valence-corrected chi connectivity index (χ1v) is 8.40. The second kappa shape index (κ2) is 10.2. The van der Waals surface area contributed by atoms with Crippen LogP contribution < -0.4 is 14.8 Å². The van der Waals surface area contributed by atoms with Crippen LogP contribution in [0.4, 0.5) is 0 Å². The number of benzene rings is 1. The van der Waals surface area contributed by atoms with Crippen molar-refractivity contribution >= 4 is 5.96 Å². The molecule has 6 nitrogen and oxygen atoms in total. The highest BCUT2D eigenvalue weighted by molar-refractivity contribution is 5.79. The van der Waals surface area contributed by atoms with Gasteiger partial charge in [0.2, 0.25) is 5.88 Å². The van der Waals surface area contributed by atoms with Gasteiger partial charge in [-0.2, -0.15) is 0 Å². The molecule has 0 aliphatic heterocycles. The molecule has 134 valence electrons. The first-order chi connectivity index (χ1) is 12.2. The number of aliphatic imine (C=N–C) groups is 1. The van der Waals surface area contributed by atoms with Crippen LogP contribution in [0.3, 0.4) is 0 Å². The topological polar surface area (TPSA) is 59.0 Å². The van der Waals surface area contributed by atoms with Gasteiger partial charge in [-0.3, -0.25) is 4.99 Å². The maximum atomic E-state index is 5.73. The van der Waals surface area contributed by atoms with Crippen LogP contribution in [0, 0.1) is 0 Å². The van der Waals surface area contributed by atoms with Crippen molar-refractivity contribution in [2.24, 2.45) is 4.99 Å². The van der Waals surface area contributed by atoms with E-state index in [0.29, 0.717) is 25.6 Å². The van der Waals surface area contributed by atoms with Gasteiger partial charge in [-0.25, -0.2) is 4.98 Å². The summed E-state index contributed by atoms with van der Waals surface area (Å²) in [5.74, 6) is 2.33. The molecule has 1 aromatic carbocycles. The van der Waals surface area contributed by atoms with Crippen molar-refractivity contribution in [2.45, 2.75) is 13.5 Å². The summed E-state index contributed by atoms with van der Waals surface area (Å²) in [6.07, 6.45) is 1.75. The fourth-order valence-electron chi connectivity index (χ4n) is 2.28. The van der Waals surface area contributed by atoms with Crippen LogP contribution in [0.15, 0.2) is 53.7 Å². The molecule has 2 aromatic rings. The average molecular weight is 342 g/mol. The molecule has 0 aliphatic rings. The predicted octanol–water partition coefficient (Wildman–Crippen LogP) is 2.57. The monoisotopic (exact) mass is 342 g/mol. The summed E-state index contributed by atoms with van der Waals surface area (Å²) in [6.45, 7) is 4.52. The molecule has 0 saturated carbocycles. The van der Waals surface area contributed by atoms with Crippen LogP contribution in [-0.4, -0.2) is 49.7 Å². The number of guanidine groups is 1. The molecule has 0 radical (unpaired) electrons. The molecule has 25 heavy (non-hydrogen) atoms. The van der Waals surface area contributed by atoms with Gasteiger partial charge in [0.1, 0.15) is 12.4 Å². The molecule has 1 heterocycles. The Morgan fingerprint density at radius 3 is 2.72 bits per heavy atom. The van der Waals surface area contributed by atoms with Crippen molar-refractivity contribution in [1.82, 2.24) is 15.2 Å². The van der Waals surface area contributed by atoms with E-state index >= 15 is 0 Å². The number of ether oxygens (including phenoxy) is 2. The molecular weight excluding hydrogens is 316 g/mol. The van der Waals surface area contributed by atoms with Crippen LogP contribution >= 0.6 is 0 Å². The molecule has 0 spiro atoms. The van der Waals surface area contributed by atoms with Gasteiger partial charge in [0.05, 0.1) is 13.2 Å². The molecule has 2 rings (SSSR count). The Bertz CT molecular complexity index is 661. The van der Waals surface area contributed by atoms with E-state index in [4.69, 9.17) is 9.47 Å². The number of likely N-dealkylation sites (N-methyl/N-ethyl adjacent to an activating group) is 1. The molecule has 0 saturated heterocycles. The van der Waals surface area contributed by atoms with E-state index in [-0.39, 0.29) is 0 Å². The molecule has 0 amide bonds. The zero-order valence-corrected chi connectivity index (χ0v) is 15.1. The van der Waals surface area contributed by atoms with Crippen LogP contribution in [-0.2, 0) is 6.54 Å². The minimum Gasteiger partial charge on any atom is -0.492 e. The Hall–Kier alpha value is -2.76. The molecule has 1 N–H and O–H groups in total. The van der Waals surface area contributed by atoms with Crippen molar-refractivity contribution in [3.8, 4) is 11.6 Å². The number of hydrogen-bond donors (Lipinski definition) is 1. The summed E-state index contributed by atoms with van der Waals surface area (Å²) in [5.41, 5.74) is 1.09. The third-order valence-corrected chi connectivity index (χ3v) is 3.55. The zero-order valence-electron chi connectivity index (χ0n) is 15.1. The summed E-state index contributed by atoms with van der Waals surface area (Å²) in [6, 6.07) is 13.7. The molecule has 0 bridgehead atoms. The van der Waals surface area contributed by atoms with Gasteiger partial charge >= 0.3 is 0 Å². The van der Waals surface area contributed by atoms with Crippen LogP contribution in [0.25, 0.3) is 0 Å². The lowest BCUT2D eigenvalue weighted by molar-refractivity contribution is 0.281. The Labute approximate surface area is 149 Å².